The van der Waals surface area contributed by atoms with Crippen molar-refractivity contribution in [3.8, 4) is 11.3 Å². The van der Waals surface area contributed by atoms with Gasteiger partial charge in [0, 0.05) is 37.5 Å². The molecule has 1 aliphatic rings. The number of aromatic nitrogens is 2. The second kappa shape index (κ2) is 8.02. The van der Waals surface area contributed by atoms with E-state index in [1.807, 2.05) is 45.0 Å². The van der Waals surface area contributed by atoms with Gasteiger partial charge < -0.3 is 20.6 Å². The van der Waals surface area contributed by atoms with Gasteiger partial charge in [0.15, 0.2) is 0 Å². The second-order valence-electron chi connectivity index (χ2n) is 7.19. The van der Waals surface area contributed by atoms with Gasteiger partial charge in [0.25, 0.3) is 5.91 Å². The van der Waals surface area contributed by atoms with Crippen molar-refractivity contribution in [1.29, 1.82) is 0 Å². The number of anilines is 1. The Bertz CT molecular complexity index is 820. The van der Waals surface area contributed by atoms with Crippen LogP contribution in [0.3, 0.4) is 0 Å². The number of carbonyl (C=O) groups excluding carboxylic acids is 1. The predicted octanol–water partition coefficient (Wildman–Crippen LogP) is 1.28. The Morgan fingerprint density at radius 1 is 1.22 bits per heavy atom. The zero-order chi connectivity index (χ0) is 19.6. The topological polar surface area (TPSA) is 90.4 Å². The van der Waals surface area contributed by atoms with Crippen molar-refractivity contribution in [2.24, 2.45) is 0 Å². The number of rotatable bonds is 4. The van der Waals surface area contributed by atoms with E-state index in [0.717, 1.165) is 35.5 Å². The summed E-state index contributed by atoms with van der Waals surface area (Å²) in [7, 11) is 3.83. The Hall–Kier alpha value is -2.51. The molecule has 1 fully saturated rings. The molecule has 1 aliphatic heterocycles. The SMILES string of the molecule is Cc1nc(N(C)C)nc(-c2ccc(C(=O)NC3CCNCC3O)cc2)c1C. The third-order valence-corrected chi connectivity index (χ3v) is 4.96. The highest BCUT2D eigenvalue weighted by molar-refractivity contribution is 5.95. The van der Waals surface area contributed by atoms with Gasteiger partial charge in [0.05, 0.1) is 17.8 Å². The van der Waals surface area contributed by atoms with Crippen molar-refractivity contribution in [2.75, 3.05) is 32.1 Å². The molecule has 2 aromatic rings. The molecule has 7 heteroatoms. The van der Waals surface area contributed by atoms with E-state index in [0.29, 0.717) is 18.1 Å². The molecule has 7 nitrogen and oxygen atoms in total. The van der Waals surface area contributed by atoms with Crippen LogP contribution >= 0.6 is 0 Å². The average molecular weight is 369 g/mol. The van der Waals surface area contributed by atoms with Gasteiger partial charge in [-0.05, 0) is 44.5 Å². The van der Waals surface area contributed by atoms with Gasteiger partial charge >= 0.3 is 0 Å². The van der Waals surface area contributed by atoms with E-state index in [2.05, 4.69) is 20.6 Å². The van der Waals surface area contributed by atoms with Gasteiger partial charge in [-0.25, -0.2) is 9.97 Å². The van der Waals surface area contributed by atoms with E-state index in [9.17, 15) is 9.90 Å². The normalized spacial score (nSPS) is 19.6. The molecule has 2 heterocycles. The quantitative estimate of drug-likeness (QED) is 0.752. The lowest BCUT2D eigenvalue weighted by Crippen LogP contribution is -2.52. The van der Waals surface area contributed by atoms with E-state index in [-0.39, 0.29) is 11.9 Å². The number of hydrogen-bond donors (Lipinski definition) is 3. The zero-order valence-corrected chi connectivity index (χ0v) is 16.3. The van der Waals surface area contributed by atoms with Crippen LogP contribution < -0.4 is 15.5 Å². The van der Waals surface area contributed by atoms with E-state index in [4.69, 9.17) is 0 Å². The highest BCUT2D eigenvalue weighted by Gasteiger charge is 2.24. The molecule has 144 valence electrons. The Labute approximate surface area is 159 Å². The standard InChI is InChI=1S/C20H27N5O2/c1-12-13(2)22-20(25(3)4)24-18(12)14-5-7-15(8-6-14)19(27)23-16-9-10-21-11-17(16)26/h5-8,16-17,21,26H,9-11H2,1-4H3,(H,23,27). The number of aliphatic hydroxyl groups excluding tert-OH is 1. The third kappa shape index (κ3) is 4.26. The molecule has 0 aliphatic carbocycles. The maximum Gasteiger partial charge on any atom is 0.251 e. The van der Waals surface area contributed by atoms with Crippen molar-refractivity contribution in [2.45, 2.75) is 32.4 Å². The number of aliphatic hydroxyl groups is 1. The van der Waals surface area contributed by atoms with E-state index < -0.39 is 6.10 Å². The van der Waals surface area contributed by atoms with Crippen LogP contribution in [0.4, 0.5) is 5.95 Å². The lowest BCUT2D eigenvalue weighted by atomic mass is 10.0. The highest BCUT2D eigenvalue weighted by Crippen LogP contribution is 2.25. The van der Waals surface area contributed by atoms with Gasteiger partial charge in [0.1, 0.15) is 0 Å². The number of amides is 1. The number of hydrogen-bond acceptors (Lipinski definition) is 6. The molecular weight excluding hydrogens is 342 g/mol. The summed E-state index contributed by atoms with van der Waals surface area (Å²) in [5, 5.41) is 16.0. The first-order valence-corrected chi connectivity index (χ1v) is 9.19. The minimum absolute atomic E-state index is 0.169. The van der Waals surface area contributed by atoms with E-state index in [1.165, 1.54) is 0 Å². The number of nitrogens with zero attached hydrogens (tertiary/aromatic N) is 3. The lowest BCUT2D eigenvalue weighted by Gasteiger charge is -2.29. The number of nitrogens with one attached hydrogen (secondary N) is 2. The molecule has 3 rings (SSSR count). The number of aryl methyl sites for hydroxylation is 1. The Morgan fingerprint density at radius 2 is 1.93 bits per heavy atom. The Morgan fingerprint density at radius 3 is 2.56 bits per heavy atom. The maximum absolute atomic E-state index is 12.5. The minimum atomic E-state index is -0.557. The predicted molar refractivity (Wildman–Crippen MR) is 106 cm³/mol. The minimum Gasteiger partial charge on any atom is -0.390 e. The fraction of sp³-hybridized carbons (Fsp3) is 0.450. The summed E-state index contributed by atoms with van der Waals surface area (Å²) in [5.74, 6) is 0.492. The summed E-state index contributed by atoms with van der Waals surface area (Å²) in [4.78, 5) is 23.5. The molecular formula is C20H27N5O2. The van der Waals surface area contributed by atoms with Gasteiger partial charge in [-0.3, -0.25) is 4.79 Å². The summed E-state index contributed by atoms with van der Waals surface area (Å²) < 4.78 is 0. The van der Waals surface area contributed by atoms with Crippen molar-refractivity contribution in [1.82, 2.24) is 20.6 Å². The molecule has 0 radical (unpaired) electrons. The van der Waals surface area contributed by atoms with Crippen molar-refractivity contribution >= 4 is 11.9 Å². The fourth-order valence-corrected chi connectivity index (χ4v) is 3.14. The summed E-state index contributed by atoms with van der Waals surface area (Å²) in [6, 6.07) is 7.19. The number of β-amino-alcohol motifs (C(OH)–C–C–N with tert-alkyl or cyclic N) is 1. The van der Waals surface area contributed by atoms with Crippen LogP contribution in [0.25, 0.3) is 11.3 Å². The maximum atomic E-state index is 12.5. The summed E-state index contributed by atoms with van der Waals surface area (Å²) in [5.41, 5.74) is 4.34. The molecule has 1 amide bonds. The first-order chi connectivity index (χ1) is 12.9. The molecule has 1 aromatic carbocycles. The van der Waals surface area contributed by atoms with Crippen molar-refractivity contribution in [3.05, 3.63) is 41.1 Å². The summed E-state index contributed by atoms with van der Waals surface area (Å²) in [6.07, 6.45) is 0.163. The number of benzene rings is 1. The molecule has 2 atom stereocenters. The fourth-order valence-electron chi connectivity index (χ4n) is 3.14. The summed E-state index contributed by atoms with van der Waals surface area (Å²) in [6.45, 7) is 5.27. The third-order valence-electron chi connectivity index (χ3n) is 4.96. The zero-order valence-electron chi connectivity index (χ0n) is 16.3. The Balaban J connectivity index is 1.80. The molecule has 3 N–H and O–H groups in total. The van der Waals surface area contributed by atoms with Crippen LogP contribution in [0.5, 0.6) is 0 Å². The van der Waals surface area contributed by atoms with Gasteiger partial charge in [-0.15, -0.1) is 0 Å². The van der Waals surface area contributed by atoms with Crippen molar-refractivity contribution < 1.29 is 9.90 Å². The van der Waals surface area contributed by atoms with E-state index >= 15 is 0 Å². The monoisotopic (exact) mass is 369 g/mol. The molecule has 0 saturated carbocycles. The highest BCUT2D eigenvalue weighted by atomic mass is 16.3. The van der Waals surface area contributed by atoms with Crippen molar-refractivity contribution in [3.63, 3.8) is 0 Å². The van der Waals surface area contributed by atoms with Gasteiger partial charge in [0.2, 0.25) is 5.95 Å². The number of piperidine rings is 1. The van der Waals surface area contributed by atoms with Gasteiger partial charge in [-0.1, -0.05) is 12.1 Å². The smallest absolute Gasteiger partial charge is 0.251 e. The van der Waals surface area contributed by atoms with Crippen LogP contribution in [0, 0.1) is 13.8 Å². The molecule has 1 saturated heterocycles. The Kier molecular flexibility index (Phi) is 5.72. The first-order valence-electron chi connectivity index (χ1n) is 9.19. The summed E-state index contributed by atoms with van der Waals surface area (Å²) >= 11 is 0. The molecule has 2 unspecified atom stereocenters. The molecule has 0 bridgehead atoms. The van der Waals surface area contributed by atoms with Gasteiger partial charge in [-0.2, -0.15) is 0 Å². The van der Waals surface area contributed by atoms with Crippen LogP contribution in [-0.4, -0.2) is 60.3 Å². The van der Waals surface area contributed by atoms with Crippen LogP contribution in [0.1, 0.15) is 28.0 Å². The lowest BCUT2D eigenvalue weighted by molar-refractivity contribution is 0.0765. The van der Waals surface area contributed by atoms with Crippen LogP contribution in [0.15, 0.2) is 24.3 Å². The largest absolute Gasteiger partial charge is 0.390 e. The van der Waals surface area contributed by atoms with Crippen LogP contribution in [-0.2, 0) is 0 Å². The first kappa shape index (κ1) is 19.3. The molecule has 0 spiro atoms. The second-order valence-corrected chi connectivity index (χ2v) is 7.19. The number of carbonyl (C=O) groups is 1. The average Bonchev–Trinajstić information content (AvgIpc) is 2.65. The van der Waals surface area contributed by atoms with Crippen LogP contribution in [0.2, 0.25) is 0 Å². The molecule has 27 heavy (non-hydrogen) atoms. The molecule has 1 aromatic heterocycles. The van der Waals surface area contributed by atoms with E-state index in [1.54, 1.807) is 12.1 Å².